The Balaban J connectivity index is 1.48. The molecule has 0 radical (unpaired) electrons. The average molecular weight is 467 g/mol. The van der Waals surface area contributed by atoms with Crippen LogP contribution in [0.2, 0.25) is 0 Å². The molecule has 4 rings (SSSR count). The van der Waals surface area contributed by atoms with Crippen LogP contribution in [0.5, 0.6) is 5.75 Å². The average Bonchev–Trinajstić information content (AvgIpc) is 2.97. The van der Waals surface area contributed by atoms with Crippen molar-refractivity contribution >= 4 is 35.5 Å². The third-order valence-electron chi connectivity index (χ3n) is 6.57. The van der Waals surface area contributed by atoms with Crippen LogP contribution in [0.25, 0.3) is 0 Å². The zero-order valence-corrected chi connectivity index (χ0v) is 19.5. The molecule has 0 bridgehead atoms. The Labute approximate surface area is 198 Å². The van der Waals surface area contributed by atoms with Crippen molar-refractivity contribution in [1.82, 2.24) is 5.32 Å². The highest BCUT2D eigenvalue weighted by Gasteiger charge is 2.32. The molecule has 6 nitrogen and oxygen atoms in total. The lowest BCUT2D eigenvalue weighted by Gasteiger charge is -2.27. The summed E-state index contributed by atoms with van der Waals surface area (Å²) in [6.07, 6.45) is 9.09. The molecule has 33 heavy (non-hydrogen) atoms. The van der Waals surface area contributed by atoms with Crippen molar-refractivity contribution in [2.75, 3.05) is 17.2 Å². The number of aromatic hydroxyl groups is 1. The number of amides is 2. The van der Waals surface area contributed by atoms with E-state index >= 15 is 0 Å². The molecule has 174 valence electrons. The third kappa shape index (κ3) is 5.58. The third-order valence-corrected chi connectivity index (χ3v) is 7.72. The Kier molecular flexibility index (Phi) is 7.70. The van der Waals surface area contributed by atoms with Gasteiger partial charge in [-0.2, -0.15) is 0 Å². The SMILES string of the molecule is O=Cc1cc(C(=O)NC2CSc3ccccc3N(CCCC3CCCCC3)C2=O)ccc1O. The summed E-state index contributed by atoms with van der Waals surface area (Å²) in [5, 5.41) is 12.6. The predicted octanol–water partition coefficient (Wildman–Crippen LogP) is 4.80. The zero-order valence-electron chi connectivity index (χ0n) is 18.7. The van der Waals surface area contributed by atoms with Gasteiger partial charge >= 0.3 is 0 Å². The maximum Gasteiger partial charge on any atom is 0.251 e. The lowest BCUT2D eigenvalue weighted by molar-refractivity contribution is -0.119. The maximum absolute atomic E-state index is 13.5. The van der Waals surface area contributed by atoms with Gasteiger partial charge in [0.25, 0.3) is 5.91 Å². The fraction of sp³-hybridized carbons (Fsp3) is 0.423. The summed E-state index contributed by atoms with van der Waals surface area (Å²) in [4.78, 5) is 40.4. The van der Waals surface area contributed by atoms with E-state index in [0.717, 1.165) is 29.3 Å². The molecule has 2 aromatic carbocycles. The van der Waals surface area contributed by atoms with Gasteiger partial charge in [-0.1, -0.05) is 44.2 Å². The number of rotatable bonds is 7. The Bertz CT molecular complexity index is 1020. The molecular weight excluding hydrogens is 436 g/mol. The number of anilines is 1. The van der Waals surface area contributed by atoms with Crippen molar-refractivity contribution in [3.05, 3.63) is 53.6 Å². The normalized spacial score (nSPS) is 19.0. The minimum Gasteiger partial charge on any atom is -0.507 e. The van der Waals surface area contributed by atoms with Crippen LogP contribution in [-0.4, -0.2) is 41.5 Å². The molecule has 1 aliphatic heterocycles. The summed E-state index contributed by atoms with van der Waals surface area (Å²) in [6.45, 7) is 0.633. The summed E-state index contributed by atoms with van der Waals surface area (Å²) in [5.41, 5.74) is 1.18. The van der Waals surface area contributed by atoms with Crippen LogP contribution in [0, 0.1) is 5.92 Å². The Morgan fingerprint density at radius 1 is 1.15 bits per heavy atom. The van der Waals surface area contributed by atoms with Crippen molar-refractivity contribution in [3.8, 4) is 5.75 Å². The first kappa shape index (κ1) is 23.4. The van der Waals surface area contributed by atoms with Crippen LogP contribution in [0.15, 0.2) is 47.4 Å². The molecule has 1 fully saturated rings. The molecule has 0 saturated heterocycles. The molecule has 1 unspecified atom stereocenters. The lowest BCUT2D eigenvalue weighted by Crippen LogP contribution is -2.49. The summed E-state index contributed by atoms with van der Waals surface area (Å²) >= 11 is 1.56. The molecule has 0 spiro atoms. The number of thioether (sulfide) groups is 1. The van der Waals surface area contributed by atoms with Crippen LogP contribution in [0.3, 0.4) is 0 Å². The highest BCUT2D eigenvalue weighted by Crippen LogP contribution is 2.35. The Hall–Kier alpha value is -2.80. The van der Waals surface area contributed by atoms with Gasteiger partial charge in [0.15, 0.2) is 6.29 Å². The van der Waals surface area contributed by atoms with Crippen molar-refractivity contribution in [3.63, 3.8) is 0 Å². The zero-order chi connectivity index (χ0) is 23.2. The number of phenols is 1. The van der Waals surface area contributed by atoms with Crippen LogP contribution < -0.4 is 10.2 Å². The Morgan fingerprint density at radius 3 is 2.73 bits per heavy atom. The number of hydrogen-bond acceptors (Lipinski definition) is 5. The first-order valence-corrected chi connectivity index (χ1v) is 12.7. The van der Waals surface area contributed by atoms with Gasteiger partial charge in [-0.3, -0.25) is 14.4 Å². The van der Waals surface area contributed by atoms with E-state index in [2.05, 4.69) is 5.32 Å². The van der Waals surface area contributed by atoms with Gasteiger partial charge in [0.05, 0.1) is 11.3 Å². The van der Waals surface area contributed by atoms with E-state index in [4.69, 9.17) is 0 Å². The predicted molar refractivity (Wildman–Crippen MR) is 130 cm³/mol. The summed E-state index contributed by atoms with van der Waals surface area (Å²) in [5.74, 6) is 0.452. The second kappa shape index (κ2) is 10.9. The van der Waals surface area contributed by atoms with Crippen LogP contribution >= 0.6 is 11.8 Å². The van der Waals surface area contributed by atoms with Gasteiger partial charge in [0.1, 0.15) is 11.8 Å². The number of nitrogens with one attached hydrogen (secondary N) is 1. The first-order chi connectivity index (χ1) is 16.1. The molecule has 2 aromatic rings. The molecule has 1 atom stereocenters. The van der Waals surface area contributed by atoms with Crippen molar-refractivity contribution in [2.24, 2.45) is 5.92 Å². The number of carbonyl (C=O) groups excluding carboxylic acids is 3. The standard InChI is InChI=1S/C26H30N2O4S/c29-16-20-15-19(12-13-23(20)30)25(31)27-21-17-33-24-11-5-4-10-22(24)28(26(21)32)14-6-9-18-7-2-1-3-8-18/h4-5,10-13,15-16,18,21,30H,1-3,6-9,14,17H2,(H,27,31). The molecule has 0 aromatic heterocycles. The number of hydrogen-bond donors (Lipinski definition) is 2. The largest absolute Gasteiger partial charge is 0.507 e. The lowest BCUT2D eigenvalue weighted by atomic mass is 9.86. The van der Waals surface area contributed by atoms with Crippen LogP contribution in [-0.2, 0) is 4.79 Å². The molecule has 1 saturated carbocycles. The number of benzene rings is 2. The molecule has 7 heteroatoms. The molecule has 2 amide bonds. The molecule has 2 N–H and O–H groups in total. The number of fused-ring (bicyclic) bond motifs is 1. The minimum absolute atomic E-state index is 0.0426. The van der Waals surface area contributed by atoms with Crippen molar-refractivity contribution < 1.29 is 19.5 Å². The van der Waals surface area contributed by atoms with Gasteiger partial charge in [-0.15, -0.1) is 11.8 Å². The minimum atomic E-state index is -0.682. The van der Waals surface area contributed by atoms with E-state index in [1.165, 1.54) is 50.3 Å². The summed E-state index contributed by atoms with van der Waals surface area (Å²) in [7, 11) is 0. The van der Waals surface area contributed by atoms with E-state index in [-0.39, 0.29) is 22.8 Å². The van der Waals surface area contributed by atoms with E-state index in [1.807, 2.05) is 29.2 Å². The quantitative estimate of drug-likeness (QED) is 0.572. The fourth-order valence-electron chi connectivity index (χ4n) is 4.73. The summed E-state index contributed by atoms with van der Waals surface area (Å²) < 4.78 is 0. The second-order valence-electron chi connectivity index (χ2n) is 8.83. The second-order valence-corrected chi connectivity index (χ2v) is 9.89. The number of para-hydroxylation sites is 1. The number of phenolic OH excluding ortho intramolecular Hbond substituents is 1. The first-order valence-electron chi connectivity index (χ1n) is 11.7. The fourth-order valence-corrected chi connectivity index (χ4v) is 5.81. The summed E-state index contributed by atoms with van der Waals surface area (Å²) in [6, 6.07) is 11.3. The Morgan fingerprint density at radius 2 is 1.94 bits per heavy atom. The molecular formula is C26H30N2O4S. The van der Waals surface area contributed by atoms with Gasteiger partial charge in [0, 0.05) is 22.8 Å². The maximum atomic E-state index is 13.5. The van der Waals surface area contributed by atoms with Gasteiger partial charge in [-0.25, -0.2) is 0 Å². The van der Waals surface area contributed by atoms with Crippen LogP contribution in [0.4, 0.5) is 5.69 Å². The topological polar surface area (TPSA) is 86.7 Å². The van der Waals surface area contributed by atoms with Gasteiger partial charge in [0.2, 0.25) is 5.91 Å². The monoisotopic (exact) mass is 466 g/mol. The van der Waals surface area contributed by atoms with E-state index in [1.54, 1.807) is 11.8 Å². The van der Waals surface area contributed by atoms with Crippen molar-refractivity contribution in [1.29, 1.82) is 0 Å². The van der Waals surface area contributed by atoms with Crippen molar-refractivity contribution in [2.45, 2.75) is 55.9 Å². The van der Waals surface area contributed by atoms with Gasteiger partial charge < -0.3 is 15.3 Å². The number of aldehydes is 1. The number of carbonyl (C=O) groups is 3. The van der Waals surface area contributed by atoms with E-state index in [0.29, 0.717) is 18.6 Å². The van der Waals surface area contributed by atoms with E-state index in [9.17, 15) is 19.5 Å². The number of nitrogens with zero attached hydrogens (tertiary/aromatic N) is 1. The van der Waals surface area contributed by atoms with E-state index < -0.39 is 11.9 Å². The highest BCUT2D eigenvalue weighted by molar-refractivity contribution is 7.99. The smallest absolute Gasteiger partial charge is 0.251 e. The van der Waals surface area contributed by atoms with Crippen LogP contribution in [0.1, 0.15) is 65.7 Å². The molecule has 2 aliphatic rings. The van der Waals surface area contributed by atoms with Gasteiger partial charge in [-0.05, 0) is 49.1 Å². The molecule has 1 aliphatic carbocycles. The highest BCUT2D eigenvalue weighted by atomic mass is 32.2. The molecule has 1 heterocycles.